The number of alkyl halides is 4. The molecule has 1 rings (SSSR count). The molecule has 1 nitrogen and oxygen atoms in total. The van der Waals surface area contributed by atoms with Gasteiger partial charge in [0.05, 0.1) is 5.60 Å². The highest BCUT2D eigenvalue weighted by Crippen LogP contribution is 2.36. The van der Waals surface area contributed by atoms with E-state index in [1.807, 2.05) is 0 Å². The van der Waals surface area contributed by atoms with Crippen molar-refractivity contribution in [3.63, 3.8) is 0 Å². The number of ether oxygens (including phenoxy) is 1. The van der Waals surface area contributed by atoms with E-state index in [1.165, 1.54) is 0 Å². The van der Waals surface area contributed by atoms with Crippen LogP contribution in [0.25, 0.3) is 0 Å². The molecule has 1 aliphatic rings. The monoisotopic (exact) mass is 364 g/mol. The summed E-state index contributed by atoms with van der Waals surface area (Å²) in [6.45, 7) is 2.46. The molecule has 0 radical (unpaired) electrons. The van der Waals surface area contributed by atoms with Crippen molar-refractivity contribution >= 4 is 22.6 Å². The zero-order valence-electron chi connectivity index (χ0n) is 10.2. The zero-order chi connectivity index (χ0) is 12.9. The first-order valence-corrected chi connectivity index (χ1v) is 7.66. The molecule has 0 aromatic carbocycles. The molecular weight excluding hydrogens is 344 g/mol. The molecule has 1 aliphatic carbocycles. The highest BCUT2D eigenvalue weighted by atomic mass is 127. The Morgan fingerprint density at radius 2 is 1.88 bits per heavy atom. The fourth-order valence-electron chi connectivity index (χ4n) is 2.17. The first-order valence-electron chi connectivity index (χ1n) is 6.14. The molecule has 5 heteroatoms. The van der Waals surface area contributed by atoms with Gasteiger partial charge in [-0.1, -0.05) is 29.5 Å². The number of hydrogen-bond donors (Lipinski definition) is 0. The lowest BCUT2D eigenvalue weighted by atomic mass is 9.80. The Labute approximate surface area is 115 Å². The van der Waals surface area contributed by atoms with Crippen LogP contribution in [-0.4, -0.2) is 22.8 Å². The van der Waals surface area contributed by atoms with Crippen LogP contribution in [-0.2, 0) is 4.74 Å². The molecule has 1 fully saturated rings. The summed E-state index contributed by atoms with van der Waals surface area (Å²) in [6, 6.07) is 0. The molecule has 0 saturated heterocycles. The summed E-state index contributed by atoms with van der Waals surface area (Å²) in [6.07, 6.45) is -0.475. The lowest BCUT2D eigenvalue weighted by Gasteiger charge is -2.38. The van der Waals surface area contributed by atoms with Gasteiger partial charge in [0.15, 0.2) is 0 Å². The molecule has 0 unspecified atom stereocenters. The van der Waals surface area contributed by atoms with Gasteiger partial charge in [0.25, 0.3) is 0 Å². The van der Waals surface area contributed by atoms with Gasteiger partial charge in [-0.3, -0.25) is 0 Å². The van der Waals surface area contributed by atoms with E-state index in [1.54, 1.807) is 0 Å². The normalized spacial score (nSPS) is 30.5. The molecule has 0 heterocycles. The largest absolute Gasteiger partial charge is 0.389 e. The van der Waals surface area contributed by atoms with Gasteiger partial charge in [-0.25, -0.2) is 0 Å². The van der Waals surface area contributed by atoms with Crippen LogP contribution in [0.4, 0.5) is 13.2 Å². The Morgan fingerprint density at radius 1 is 1.29 bits per heavy atom. The van der Waals surface area contributed by atoms with Crippen LogP contribution in [0.5, 0.6) is 0 Å². The molecular formula is C12H20F3IO. The molecule has 0 N–H and O–H groups in total. The second-order valence-corrected chi connectivity index (χ2v) is 5.83. The van der Waals surface area contributed by atoms with E-state index in [0.717, 1.165) is 36.0 Å². The standard InChI is InChI=1S/C12H20F3IO/c1-10-3-6-11(9-16,7-4-10)17-8-2-5-12(13,14)15/h10H,2-9H2,1H3. The molecule has 0 aliphatic heterocycles. The van der Waals surface area contributed by atoms with Gasteiger partial charge < -0.3 is 4.74 Å². The molecule has 0 bridgehead atoms. The third-order valence-electron chi connectivity index (χ3n) is 3.44. The minimum Gasteiger partial charge on any atom is -0.374 e. The van der Waals surface area contributed by atoms with E-state index in [9.17, 15) is 13.2 Å². The maximum Gasteiger partial charge on any atom is 0.389 e. The van der Waals surface area contributed by atoms with Gasteiger partial charge in [0.2, 0.25) is 0 Å². The molecule has 102 valence electrons. The molecule has 1 saturated carbocycles. The minimum absolute atomic E-state index is 0.0808. The Kier molecular flexibility index (Phi) is 6.02. The third-order valence-corrected chi connectivity index (χ3v) is 4.83. The smallest absolute Gasteiger partial charge is 0.374 e. The average Bonchev–Trinajstić information content (AvgIpc) is 2.26. The van der Waals surface area contributed by atoms with Gasteiger partial charge in [0, 0.05) is 17.5 Å². The summed E-state index contributed by atoms with van der Waals surface area (Å²) in [5.41, 5.74) is -0.154. The van der Waals surface area contributed by atoms with Crippen molar-refractivity contribution < 1.29 is 17.9 Å². The zero-order valence-corrected chi connectivity index (χ0v) is 12.3. The highest BCUT2D eigenvalue weighted by Gasteiger charge is 2.34. The lowest BCUT2D eigenvalue weighted by Crippen LogP contribution is -2.39. The second kappa shape index (κ2) is 6.59. The van der Waals surface area contributed by atoms with Gasteiger partial charge in [0.1, 0.15) is 0 Å². The predicted molar refractivity (Wildman–Crippen MR) is 70.5 cm³/mol. The van der Waals surface area contributed by atoms with E-state index in [0.29, 0.717) is 0 Å². The summed E-state index contributed by atoms with van der Waals surface area (Å²) in [4.78, 5) is 0. The summed E-state index contributed by atoms with van der Waals surface area (Å²) in [5, 5.41) is 0. The Morgan fingerprint density at radius 3 is 2.35 bits per heavy atom. The Hall–Kier alpha value is 0.480. The van der Waals surface area contributed by atoms with Crippen LogP contribution in [0.3, 0.4) is 0 Å². The van der Waals surface area contributed by atoms with Crippen LogP contribution < -0.4 is 0 Å². The van der Waals surface area contributed by atoms with Crippen molar-refractivity contribution in [1.29, 1.82) is 0 Å². The fourth-order valence-corrected chi connectivity index (χ4v) is 3.15. The molecule has 0 atom stereocenters. The van der Waals surface area contributed by atoms with Crippen LogP contribution in [0.15, 0.2) is 0 Å². The van der Waals surface area contributed by atoms with Crippen LogP contribution >= 0.6 is 22.6 Å². The summed E-state index contributed by atoms with van der Waals surface area (Å²) in [5.74, 6) is 0.727. The van der Waals surface area contributed by atoms with Gasteiger partial charge in [-0.15, -0.1) is 0 Å². The summed E-state index contributed by atoms with van der Waals surface area (Å²) >= 11 is 2.29. The molecule has 0 amide bonds. The number of halogens is 4. The van der Waals surface area contributed by atoms with Crippen molar-refractivity contribution in [1.82, 2.24) is 0 Å². The number of rotatable bonds is 5. The van der Waals surface area contributed by atoms with Crippen molar-refractivity contribution in [3.8, 4) is 0 Å². The fraction of sp³-hybridized carbons (Fsp3) is 1.00. The predicted octanol–water partition coefficient (Wildman–Crippen LogP) is 4.73. The van der Waals surface area contributed by atoms with E-state index in [4.69, 9.17) is 4.74 Å². The van der Waals surface area contributed by atoms with Crippen molar-refractivity contribution in [3.05, 3.63) is 0 Å². The molecule has 17 heavy (non-hydrogen) atoms. The molecule has 0 aromatic rings. The minimum atomic E-state index is -4.05. The van der Waals surface area contributed by atoms with E-state index >= 15 is 0 Å². The van der Waals surface area contributed by atoms with Crippen molar-refractivity contribution in [2.75, 3.05) is 11.0 Å². The van der Waals surface area contributed by atoms with E-state index in [2.05, 4.69) is 29.5 Å². The first-order chi connectivity index (χ1) is 7.87. The van der Waals surface area contributed by atoms with Crippen LogP contribution in [0.1, 0.15) is 45.4 Å². The molecule has 0 aromatic heterocycles. The van der Waals surface area contributed by atoms with Gasteiger partial charge >= 0.3 is 6.18 Å². The first kappa shape index (κ1) is 15.5. The Bertz CT molecular complexity index is 222. The highest BCUT2D eigenvalue weighted by molar-refractivity contribution is 14.1. The summed E-state index contributed by atoms with van der Waals surface area (Å²) in [7, 11) is 0. The lowest BCUT2D eigenvalue weighted by molar-refractivity contribution is -0.142. The van der Waals surface area contributed by atoms with E-state index < -0.39 is 12.6 Å². The number of hydrogen-bond acceptors (Lipinski definition) is 1. The quantitative estimate of drug-likeness (QED) is 0.389. The topological polar surface area (TPSA) is 9.23 Å². The van der Waals surface area contributed by atoms with Gasteiger partial charge in [-0.2, -0.15) is 13.2 Å². The maximum atomic E-state index is 12.0. The van der Waals surface area contributed by atoms with Gasteiger partial charge in [-0.05, 0) is 38.0 Å². The van der Waals surface area contributed by atoms with Crippen LogP contribution in [0.2, 0.25) is 0 Å². The third kappa shape index (κ3) is 5.77. The van der Waals surface area contributed by atoms with Crippen molar-refractivity contribution in [2.45, 2.75) is 57.2 Å². The second-order valence-electron chi connectivity index (χ2n) is 5.07. The van der Waals surface area contributed by atoms with Crippen LogP contribution in [0, 0.1) is 5.92 Å². The van der Waals surface area contributed by atoms with Crippen molar-refractivity contribution in [2.24, 2.45) is 5.92 Å². The molecule has 0 spiro atoms. The summed E-state index contributed by atoms with van der Waals surface area (Å²) < 4.78 is 42.6. The average molecular weight is 364 g/mol. The SMILES string of the molecule is CC1CCC(CI)(OCCCC(F)(F)F)CC1. The van der Waals surface area contributed by atoms with E-state index in [-0.39, 0.29) is 18.6 Å². The Balaban J connectivity index is 2.27. The maximum absolute atomic E-state index is 12.0.